The molecule has 0 saturated heterocycles. The van der Waals surface area contributed by atoms with Crippen molar-refractivity contribution in [1.29, 1.82) is 0 Å². The number of benzene rings is 1. The van der Waals surface area contributed by atoms with Crippen LogP contribution in [-0.2, 0) is 6.54 Å². The summed E-state index contributed by atoms with van der Waals surface area (Å²) in [6.45, 7) is 6.32. The summed E-state index contributed by atoms with van der Waals surface area (Å²) in [5.74, 6) is 1.84. The van der Waals surface area contributed by atoms with E-state index in [4.69, 9.17) is 4.98 Å². The van der Waals surface area contributed by atoms with Gasteiger partial charge in [0, 0.05) is 27.8 Å². The number of nitrogens with one attached hydrogen (secondary N) is 1. The maximum atomic E-state index is 4.94. The zero-order chi connectivity index (χ0) is 14.7. The molecule has 2 nitrogen and oxygen atoms in total. The molecule has 112 valence electrons. The fraction of sp³-hybridized carbons (Fsp3) is 0.471. The topological polar surface area (TPSA) is 24.9 Å². The van der Waals surface area contributed by atoms with Crippen molar-refractivity contribution < 1.29 is 0 Å². The Balaban J connectivity index is 1.83. The molecule has 1 saturated carbocycles. The summed E-state index contributed by atoms with van der Waals surface area (Å²) in [7, 11) is 0. The third-order valence-corrected chi connectivity index (χ3v) is 5.65. The van der Waals surface area contributed by atoms with Crippen LogP contribution >= 0.6 is 23.1 Å². The Morgan fingerprint density at radius 3 is 2.62 bits per heavy atom. The predicted molar refractivity (Wildman–Crippen MR) is 93.3 cm³/mol. The van der Waals surface area contributed by atoms with Crippen LogP contribution in [0.2, 0.25) is 0 Å². The second kappa shape index (κ2) is 6.95. The molecule has 2 aromatic rings. The molecule has 0 atom stereocenters. The Morgan fingerprint density at radius 2 is 2.00 bits per heavy atom. The molecule has 3 rings (SSSR count). The minimum absolute atomic E-state index is 0.721. The molecule has 1 aliphatic rings. The van der Waals surface area contributed by atoms with Gasteiger partial charge in [0.2, 0.25) is 0 Å². The van der Waals surface area contributed by atoms with Gasteiger partial charge in [-0.15, -0.1) is 23.1 Å². The number of hydrogen-bond donors (Lipinski definition) is 1. The lowest BCUT2D eigenvalue weighted by Crippen LogP contribution is -2.11. The summed E-state index contributed by atoms with van der Waals surface area (Å²) in [5, 5.41) is 4.62. The molecule has 0 spiro atoms. The molecule has 1 aliphatic carbocycles. The second-order valence-corrected chi connectivity index (χ2v) is 7.76. The molecule has 1 aromatic heterocycles. The zero-order valence-electron chi connectivity index (χ0n) is 12.7. The van der Waals surface area contributed by atoms with Crippen molar-refractivity contribution in [3.05, 3.63) is 34.8 Å². The van der Waals surface area contributed by atoms with Crippen LogP contribution in [0.15, 0.2) is 29.2 Å². The standard InChI is InChI=1S/C17H22N2S2/c1-3-18-11-15-16(12-5-6-12)19-17(21-15)13-7-9-14(10-8-13)20-4-2/h7-10,12,18H,3-6,11H2,1-2H3. The molecule has 0 amide bonds. The van der Waals surface area contributed by atoms with Crippen LogP contribution in [0.4, 0.5) is 0 Å². The largest absolute Gasteiger partial charge is 0.312 e. The fourth-order valence-electron chi connectivity index (χ4n) is 2.39. The molecule has 1 aromatic carbocycles. The average Bonchev–Trinajstić information content (AvgIpc) is 3.26. The highest BCUT2D eigenvalue weighted by atomic mass is 32.2. The van der Waals surface area contributed by atoms with Gasteiger partial charge in [-0.3, -0.25) is 0 Å². The fourth-order valence-corrected chi connectivity index (χ4v) is 4.17. The Morgan fingerprint density at radius 1 is 1.24 bits per heavy atom. The number of hydrogen-bond acceptors (Lipinski definition) is 4. The molecule has 4 heteroatoms. The van der Waals surface area contributed by atoms with Gasteiger partial charge in [-0.25, -0.2) is 4.98 Å². The Hall–Kier alpha value is -0.840. The normalized spacial score (nSPS) is 14.6. The molecule has 0 aliphatic heterocycles. The maximum absolute atomic E-state index is 4.94. The van der Waals surface area contributed by atoms with Crippen molar-refractivity contribution in [2.75, 3.05) is 12.3 Å². The molecule has 0 bridgehead atoms. The SMILES string of the molecule is CCNCc1sc(-c2ccc(SCC)cc2)nc1C1CC1. The Kier molecular flexibility index (Phi) is 4.99. The first-order chi connectivity index (χ1) is 10.3. The number of thioether (sulfide) groups is 1. The minimum atomic E-state index is 0.721. The Bertz CT molecular complexity index is 585. The minimum Gasteiger partial charge on any atom is -0.312 e. The van der Waals surface area contributed by atoms with E-state index in [0.29, 0.717) is 0 Å². The molecule has 1 heterocycles. The van der Waals surface area contributed by atoms with E-state index in [1.807, 2.05) is 23.1 Å². The third kappa shape index (κ3) is 3.68. The predicted octanol–water partition coefficient (Wildman–Crippen LogP) is 4.91. The summed E-state index contributed by atoms with van der Waals surface area (Å²) < 4.78 is 0. The van der Waals surface area contributed by atoms with Crippen molar-refractivity contribution in [1.82, 2.24) is 10.3 Å². The summed E-state index contributed by atoms with van der Waals surface area (Å²) in [6, 6.07) is 8.85. The average molecular weight is 319 g/mol. The number of aromatic nitrogens is 1. The number of thiazole rings is 1. The first-order valence-corrected chi connectivity index (χ1v) is 9.55. The van der Waals surface area contributed by atoms with E-state index in [9.17, 15) is 0 Å². The first-order valence-electron chi connectivity index (χ1n) is 7.75. The molecular formula is C17H22N2S2. The van der Waals surface area contributed by atoms with Gasteiger partial charge in [0.05, 0.1) is 5.69 Å². The Labute approximate surface area is 135 Å². The van der Waals surface area contributed by atoms with Gasteiger partial charge < -0.3 is 5.32 Å². The first kappa shape index (κ1) is 15.1. The van der Waals surface area contributed by atoms with Crippen molar-refractivity contribution in [2.24, 2.45) is 0 Å². The van der Waals surface area contributed by atoms with Crippen molar-refractivity contribution in [2.45, 2.75) is 44.0 Å². The van der Waals surface area contributed by atoms with Gasteiger partial charge in [0.1, 0.15) is 5.01 Å². The zero-order valence-corrected chi connectivity index (χ0v) is 14.3. The lowest BCUT2D eigenvalue weighted by Gasteiger charge is -2.00. The lowest BCUT2D eigenvalue weighted by atomic mass is 10.2. The van der Waals surface area contributed by atoms with Crippen LogP contribution in [-0.4, -0.2) is 17.3 Å². The second-order valence-electron chi connectivity index (χ2n) is 5.34. The van der Waals surface area contributed by atoms with Gasteiger partial charge in [-0.1, -0.05) is 26.0 Å². The van der Waals surface area contributed by atoms with E-state index in [1.165, 1.54) is 38.9 Å². The van der Waals surface area contributed by atoms with Gasteiger partial charge in [-0.2, -0.15) is 0 Å². The molecule has 0 radical (unpaired) electrons. The molecule has 21 heavy (non-hydrogen) atoms. The number of rotatable bonds is 7. The van der Waals surface area contributed by atoms with Crippen molar-refractivity contribution in [3.8, 4) is 10.6 Å². The third-order valence-electron chi connectivity index (χ3n) is 3.64. The van der Waals surface area contributed by atoms with Gasteiger partial charge in [0.25, 0.3) is 0 Å². The number of nitrogens with zero attached hydrogens (tertiary/aromatic N) is 1. The summed E-state index contributed by atoms with van der Waals surface area (Å²) in [6.07, 6.45) is 2.63. The van der Waals surface area contributed by atoms with E-state index in [-0.39, 0.29) is 0 Å². The van der Waals surface area contributed by atoms with Crippen LogP contribution in [0.3, 0.4) is 0 Å². The maximum Gasteiger partial charge on any atom is 0.123 e. The highest BCUT2D eigenvalue weighted by Gasteiger charge is 2.29. The highest BCUT2D eigenvalue weighted by Crippen LogP contribution is 2.44. The molecule has 1 N–H and O–H groups in total. The van der Waals surface area contributed by atoms with Gasteiger partial charge >= 0.3 is 0 Å². The van der Waals surface area contributed by atoms with E-state index in [0.717, 1.165) is 24.8 Å². The van der Waals surface area contributed by atoms with Crippen molar-refractivity contribution in [3.63, 3.8) is 0 Å². The smallest absolute Gasteiger partial charge is 0.123 e. The van der Waals surface area contributed by atoms with Crippen molar-refractivity contribution >= 4 is 23.1 Å². The van der Waals surface area contributed by atoms with Gasteiger partial charge in [-0.05, 0) is 37.3 Å². The lowest BCUT2D eigenvalue weighted by molar-refractivity contribution is 0.727. The van der Waals surface area contributed by atoms with E-state index < -0.39 is 0 Å². The summed E-state index contributed by atoms with van der Waals surface area (Å²) in [4.78, 5) is 7.72. The van der Waals surface area contributed by atoms with E-state index in [2.05, 4.69) is 43.4 Å². The van der Waals surface area contributed by atoms with Crippen LogP contribution in [0.5, 0.6) is 0 Å². The van der Waals surface area contributed by atoms with E-state index in [1.54, 1.807) is 0 Å². The van der Waals surface area contributed by atoms with E-state index >= 15 is 0 Å². The van der Waals surface area contributed by atoms with Crippen LogP contribution in [0, 0.1) is 0 Å². The highest BCUT2D eigenvalue weighted by molar-refractivity contribution is 7.99. The molecular weight excluding hydrogens is 296 g/mol. The summed E-state index contributed by atoms with van der Waals surface area (Å²) >= 11 is 3.75. The van der Waals surface area contributed by atoms with Crippen LogP contribution in [0.25, 0.3) is 10.6 Å². The van der Waals surface area contributed by atoms with Gasteiger partial charge in [0.15, 0.2) is 0 Å². The molecule has 0 unspecified atom stereocenters. The molecule has 1 fully saturated rings. The van der Waals surface area contributed by atoms with Crippen LogP contribution in [0.1, 0.15) is 43.2 Å². The quantitative estimate of drug-likeness (QED) is 0.734. The summed E-state index contributed by atoms with van der Waals surface area (Å²) in [5.41, 5.74) is 2.60. The van der Waals surface area contributed by atoms with Crippen LogP contribution < -0.4 is 5.32 Å². The monoisotopic (exact) mass is 318 g/mol.